The van der Waals surface area contributed by atoms with Crippen LogP contribution in [0.4, 0.5) is 0 Å². The van der Waals surface area contributed by atoms with Crippen LogP contribution < -0.4 is 0 Å². The minimum absolute atomic E-state index is 0. The van der Waals surface area contributed by atoms with Crippen LogP contribution in [0.25, 0.3) is 0 Å². The van der Waals surface area contributed by atoms with Crippen LogP contribution in [0.15, 0.2) is 0 Å². The fourth-order valence-corrected chi connectivity index (χ4v) is 1.53. The molecule has 0 aromatic heterocycles. The summed E-state index contributed by atoms with van der Waals surface area (Å²) in [6, 6.07) is 0. The first-order valence-corrected chi connectivity index (χ1v) is 5.56. The van der Waals surface area contributed by atoms with Gasteiger partial charge in [0.15, 0.2) is 0 Å². The molecule has 13 heteroatoms. The van der Waals surface area contributed by atoms with Crippen molar-refractivity contribution < 1.29 is 33.8 Å². The summed E-state index contributed by atoms with van der Waals surface area (Å²) < 4.78 is 20.5. The molecule has 0 unspecified atom stereocenters. The SMILES string of the molecule is CC(O)(P(=O)(O)O)P(=O)(O)O.[Na].[Na].[Na].[Na]. The van der Waals surface area contributed by atoms with Gasteiger partial charge in [-0.25, -0.2) is 0 Å². The Labute approximate surface area is 176 Å². The smallest absolute Gasteiger partial charge is 0.368 e. The van der Waals surface area contributed by atoms with E-state index in [9.17, 15) is 9.13 Å². The molecule has 0 saturated carbocycles. The molecular weight excluding hydrogens is 290 g/mol. The number of aliphatic hydroxyl groups is 1. The van der Waals surface area contributed by atoms with Gasteiger partial charge in [-0.3, -0.25) is 9.13 Å². The van der Waals surface area contributed by atoms with E-state index >= 15 is 0 Å². The molecule has 0 bridgehead atoms. The van der Waals surface area contributed by atoms with Gasteiger partial charge in [-0.15, -0.1) is 0 Å². The minimum atomic E-state index is -5.20. The van der Waals surface area contributed by atoms with E-state index in [1.165, 1.54) is 0 Å². The largest absolute Gasteiger partial charge is 0.369 e. The van der Waals surface area contributed by atoms with Crippen LogP contribution in [0.1, 0.15) is 6.92 Å². The van der Waals surface area contributed by atoms with Crippen molar-refractivity contribution in [2.75, 3.05) is 0 Å². The first-order chi connectivity index (χ1) is 4.50. The topological polar surface area (TPSA) is 135 Å². The Morgan fingerprint density at radius 2 is 0.933 bits per heavy atom. The van der Waals surface area contributed by atoms with E-state index in [-0.39, 0.29) is 118 Å². The third-order valence-corrected chi connectivity index (χ3v) is 4.87. The maximum Gasteiger partial charge on any atom is 0.369 e. The molecule has 0 amide bonds. The number of hydrogen-bond acceptors (Lipinski definition) is 3. The van der Waals surface area contributed by atoms with E-state index in [1.807, 2.05) is 0 Å². The van der Waals surface area contributed by atoms with Crippen molar-refractivity contribution in [1.29, 1.82) is 0 Å². The fraction of sp³-hybridized carbons (Fsp3) is 1.00. The van der Waals surface area contributed by atoms with Gasteiger partial charge in [0, 0.05) is 118 Å². The molecule has 5 N–H and O–H groups in total. The third kappa shape index (κ3) is 9.74. The van der Waals surface area contributed by atoms with Gasteiger partial charge < -0.3 is 24.7 Å². The summed E-state index contributed by atoms with van der Waals surface area (Å²) >= 11 is 0. The van der Waals surface area contributed by atoms with E-state index in [2.05, 4.69) is 0 Å². The van der Waals surface area contributed by atoms with Crippen LogP contribution in [-0.4, -0.2) is 148 Å². The molecule has 0 saturated heterocycles. The first-order valence-electron chi connectivity index (χ1n) is 2.34. The van der Waals surface area contributed by atoms with Crippen LogP contribution in [0, 0.1) is 0 Å². The van der Waals surface area contributed by atoms with Gasteiger partial charge in [0.1, 0.15) is 0 Å². The van der Waals surface area contributed by atoms with Crippen molar-refractivity contribution in [3.63, 3.8) is 0 Å². The van der Waals surface area contributed by atoms with Gasteiger partial charge in [0.05, 0.1) is 0 Å². The zero-order valence-corrected chi connectivity index (χ0v) is 19.2. The Balaban J connectivity index is -0.0000000833. The van der Waals surface area contributed by atoms with E-state index in [1.54, 1.807) is 0 Å². The molecule has 72 valence electrons. The molecule has 0 aromatic carbocycles. The quantitative estimate of drug-likeness (QED) is 0.280. The molecule has 7 nitrogen and oxygen atoms in total. The molecule has 0 fully saturated rings. The Morgan fingerprint density at radius 3 is 0.933 bits per heavy atom. The zero-order chi connectivity index (χ0) is 9.50. The van der Waals surface area contributed by atoms with Crippen molar-refractivity contribution in [2.45, 2.75) is 12.0 Å². The van der Waals surface area contributed by atoms with Gasteiger partial charge in [-0.1, -0.05) is 0 Å². The monoisotopic (exact) mass is 298 g/mol. The summed E-state index contributed by atoms with van der Waals surface area (Å²) in [7, 11) is -10.4. The average molecular weight is 298 g/mol. The van der Waals surface area contributed by atoms with E-state index in [4.69, 9.17) is 24.7 Å². The third-order valence-electron chi connectivity index (χ3n) is 1.10. The summed E-state index contributed by atoms with van der Waals surface area (Å²) in [6.07, 6.45) is 0. The molecular formula is C2H8Na4O7P2. The van der Waals surface area contributed by atoms with Gasteiger partial charge in [-0.05, 0) is 6.92 Å². The van der Waals surface area contributed by atoms with Gasteiger partial charge in [0.2, 0.25) is 0 Å². The zero-order valence-electron chi connectivity index (χ0n) is 9.45. The Bertz CT molecular complexity index is 219. The maximum atomic E-state index is 10.3. The molecule has 4 radical (unpaired) electrons. The van der Waals surface area contributed by atoms with Crippen LogP contribution >= 0.6 is 15.2 Å². The van der Waals surface area contributed by atoms with E-state index in [0.29, 0.717) is 6.92 Å². The molecule has 0 aliphatic rings. The maximum absolute atomic E-state index is 10.3. The van der Waals surface area contributed by atoms with Gasteiger partial charge in [-0.2, -0.15) is 0 Å². The minimum Gasteiger partial charge on any atom is -0.368 e. The molecule has 15 heavy (non-hydrogen) atoms. The average Bonchev–Trinajstić information content (AvgIpc) is 1.58. The van der Waals surface area contributed by atoms with Crippen LogP contribution in [0.2, 0.25) is 0 Å². The summed E-state index contributed by atoms with van der Waals surface area (Å²) in [5, 5.41) is 5.37. The predicted molar refractivity (Wildman–Crippen MR) is 57.7 cm³/mol. The van der Waals surface area contributed by atoms with Crippen LogP contribution in [-0.2, 0) is 9.13 Å². The molecule has 0 aliphatic heterocycles. The first kappa shape index (κ1) is 31.6. The van der Waals surface area contributed by atoms with E-state index < -0.39 is 20.3 Å². The second kappa shape index (κ2) is 11.0. The second-order valence-electron chi connectivity index (χ2n) is 2.06. The van der Waals surface area contributed by atoms with Crippen LogP contribution in [0.3, 0.4) is 0 Å². The van der Waals surface area contributed by atoms with Gasteiger partial charge in [0.25, 0.3) is 5.08 Å². The van der Waals surface area contributed by atoms with Crippen molar-refractivity contribution in [3.8, 4) is 0 Å². The van der Waals surface area contributed by atoms with Crippen molar-refractivity contribution in [2.24, 2.45) is 0 Å². The summed E-state index contributed by atoms with van der Waals surface area (Å²) in [5.41, 5.74) is 0. The summed E-state index contributed by atoms with van der Waals surface area (Å²) in [6.45, 7) is 0.383. The van der Waals surface area contributed by atoms with Crippen molar-refractivity contribution >= 4 is 133 Å². The summed E-state index contributed by atoms with van der Waals surface area (Å²) in [4.78, 5) is 33.0. The molecule has 0 aromatic rings. The molecule has 0 atom stereocenters. The Kier molecular flexibility index (Phi) is 23.1. The van der Waals surface area contributed by atoms with E-state index in [0.717, 1.165) is 0 Å². The molecule has 0 aliphatic carbocycles. The summed E-state index contributed by atoms with van der Waals surface area (Å²) in [5.74, 6) is 0. The van der Waals surface area contributed by atoms with Crippen molar-refractivity contribution in [1.82, 2.24) is 0 Å². The van der Waals surface area contributed by atoms with Crippen LogP contribution in [0.5, 0.6) is 0 Å². The fourth-order valence-electron chi connectivity index (χ4n) is 0.170. The number of hydrogen-bond donors (Lipinski definition) is 5. The molecule has 0 rings (SSSR count). The number of rotatable bonds is 2. The predicted octanol–water partition coefficient (Wildman–Crippen LogP) is -2.52. The van der Waals surface area contributed by atoms with Gasteiger partial charge >= 0.3 is 15.2 Å². The molecule has 0 heterocycles. The normalized spacial score (nSPS) is 11.1. The standard InChI is InChI=1S/C2H8O7P2.4Na/c1-2(3,10(4,5)6)11(7,8)9;;;;/h3H,1H3,(H2,4,5,6)(H2,7,8,9);;;;. The molecule has 0 spiro atoms. The second-order valence-corrected chi connectivity index (χ2v) is 6.33. The Morgan fingerprint density at radius 1 is 0.800 bits per heavy atom. The Hall–Kier alpha value is 4.26. The van der Waals surface area contributed by atoms with Crippen molar-refractivity contribution in [3.05, 3.63) is 0 Å².